The molecule has 2 N–H and O–H groups in total. The molecule has 134 valence electrons. The van der Waals surface area contributed by atoms with Crippen molar-refractivity contribution in [2.45, 2.75) is 0 Å². The minimum atomic E-state index is -0.354. The Balaban J connectivity index is 1.89. The largest absolute Gasteiger partial charge is 0.324 e. The molecule has 0 spiro atoms. The van der Waals surface area contributed by atoms with Crippen LogP contribution in [0.3, 0.4) is 0 Å². The third kappa shape index (κ3) is 5.46. The highest BCUT2D eigenvalue weighted by Crippen LogP contribution is 2.29. The van der Waals surface area contributed by atoms with Crippen LogP contribution in [0.15, 0.2) is 42.5 Å². The molecule has 0 aliphatic heterocycles. The summed E-state index contributed by atoms with van der Waals surface area (Å²) < 4.78 is 0. The van der Waals surface area contributed by atoms with Crippen molar-refractivity contribution in [3.8, 4) is 6.07 Å². The van der Waals surface area contributed by atoms with Crippen molar-refractivity contribution in [3.05, 3.63) is 58.1 Å². The summed E-state index contributed by atoms with van der Waals surface area (Å²) in [6.45, 7) is -0.0572. The number of hydrogen-bond donors (Lipinski definition) is 2. The van der Waals surface area contributed by atoms with Crippen molar-refractivity contribution in [3.63, 3.8) is 0 Å². The number of nitrogens with zero attached hydrogens (tertiary/aromatic N) is 2. The molecule has 0 saturated heterocycles. The number of amides is 2. The number of likely N-dealkylation sites (N-methyl/N-ethyl adjacent to an activating group) is 1. The van der Waals surface area contributed by atoms with Gasteiger partial charge in [-0.2, -0.15) is 5.26 Å². The zero-order chi connectivity index (χ0) is 19.1. The Morgan fingerprint density at radius 2 is 1.58 bits per heavy atom. The van der Waals surface area contributed by atoms with Gasteiger partial charge in [0.05, 0.1) is 40.1 Å². The van der Waals surface area contributed by atoms with Crippen molar-refractivity contribution < 1.29 is 9.59 Å². The van der Waals surface area contributed by atoms with Gasteiger partial charge >= 0.3 is 0 Å². The highest BCUT2D eigenvalue weighted by Gasteiger charge is 2.14. The minimum absolute atomic E-state index is 0.0244. The normalized spacial score (nSPS) is 10.3. The van der Waals surface area contributed by atoms with Crippen LogP contribution in [0.1, 0.15) is 5.56 Å². The van der Waals surface area contributed by atoms with Crippen LogP contribution in [0.4, 0.5) is 11.4 Å². The van der Waals surface area contributed by atoms with E-state index in [0.29, 0.717) is 27.0 Å². The van der Waals surface area contributed by atoms with Crippen LogP contribution in [-0.4, -0.2) is 36.9 Å². The molecule has 0 fully saturated rings. The van der Waals surface area contributed by atoms with E-state index in [9.17, 15) is 9.59 Å². The maximum absolute atomic E-state index is 12.1. The molecule has 2 aromatic carbocycles. The lowest BCUT2D eigenvalue weighted by molar-refractivity contribution is -0.119. The number of rotatable bonds is 6. The molecular weight excluding hydrogens is 375 g/mol. The van der Waals surface area contributed by atoms with Gasteiger partial charge in [-0.1, -0.05) is 41.4 Å². The molecule has 0 heterocycles. The Kier molecular flexibility index (Phi) is 6.98. The number of carbonyl (C=O) groups excluding carboxylic acids is 2. The van der Waals surface area contributed by atoms with E-state index >= 15 is 0 Å². The van der Waals surface area contributed by atoms with Gasteiger partial charge in [0.2, 0.25) is 11.8 Å². The van der Waals surface area contributed by atoms with Crippen LogP contribution in [0.5, 0.6) is 0 Å². The summed E-state index contributed by atoms with van der Waals surface area (Å²) in [5.41, 5.74) is 1.14. The van der Waals surface area contributed by atoms with E-state index in [1.807, 2.05) is 6.07 Å². The van der Waals surface area contributed by atoms with Gasteiger partial charge in [0, 0.05) is 0 Å². The summed E-state index contributed by atoms with van der Waals surface area (Å²) in [4.78, 5) is 25.8. The van der Waals surface area contributed by atoms with Crippen LogP contribution >= 0.6 is 23.2 Å². The first-order chi connectivity index (χ1) is 12.4. The van der Waals surface area contributed by atoms with Gasteiger partial charge in [0.15, 0.2) is 0 Å². The molecule has 2 rings (SSSR count). The van der Waals surface area contributed by atoms with Crippen molar-refractivity contribution in [2.75, 3.05) is 30.8 Å². The average molecular weight is 391 g/mol. The van der Waals surface area contributed by atoms with E-state index in [1.54, 1.807) is 49.5 Å². The summed E-state index contributed by atoms with van der Waals surface area (Å²) in [5.74, 6) is -0.688. The Hall–Kier alpha value is -2.59. The van der Waals surface area contributed by atoms with Gasteiger partial charge < -0.3 is 10.6 Å². The topological polar surface area (TPSA) is 85.2 Å². The number of hydrogen-bond acceptors (Lipinski definition) is 4. The molecule has 0 bridgehead atoms. The van der Waals surface area contributed by atoms with E-state index in [4.69, 9.17) is 28.5 Å². The minimum Gasteiger partial charge on any atom is -0.324 e. The van der Waals surface area contributed by atoms with Crippen LogP contribution < -0.4 is 10.6 Å². The van der Waals surface area contributed by atoms with Gasteiger partial charge in [-0.05, 0) is 31.3 Å². The van der Waals surface area contributed by atoms with Crippen LogP contribution in [0, 0.1) is 11.3 Å². The number of carbonyl (C=O) groups is 2. The first-order valence-electron chi connectivity index (χ1n) is 7.62. The third-order valence-electron chi connectivity index (χ3n) is 3.38. The van der Waals surface area contributed by atoms with Crippen LogP contribution in [0.2, 0.25) is 10.0 Å². The molecule has 0 aliphatic rings. The fourth-order valence-corrected chi connectivity index (χ4v) is 2.71. The highest BCUT2D eigenvalue weighted by molar-refractivity contribution is 6.39. The lowest BCUT2D eigenvalue weighted by Crippen LogP contribution is -2.36. The standard InChI is InChI=1S/C18H16Cl2N4O2/c1-24(10-16(25)22-15-8-3-2-5-12(15)9-21)11-17(26)23-18-13(19)6-4-7-14(18)20/h2-8H,10-11H2,1H3,(H,22,25)(H,23,26). The molecule has 0 radical (unpaired) electrons. The van der Waals surface area contributed by atoms with Crippen molar-refractivity contribution >= 4 is 46.4 Å². The molecule has 0 atom stereocenters. The highest BCUT2D eigenvalue weighted by atomic mass is 35.5. The van der Waals surface area contributed by atoms with Gasteiger partial charge in [-0.3, -0.25) is 14.5 Å². The second kappa shape index (κ2) is 9.20. The number of halogens is 2. The fourth-order valence-electron chi connectivity index (χ4n) is 2.22. The molecule has 6 nitrogen and oxygen atoms in total. The van der Waals surface area contributed by atoms with E-state index in [1.165, 1.54) is 4.90 Å². The fraction of sp³-hybridized carbons (Fsp3) is 0.167. The molecule has 0 aliphatic carbocycles. The predicted molar refractivity (Wildman–Crippen MR) is 102 cm³/mol. The van der Waals surface area contributed by atoms with Gasteiger partial charge in [0.1, 0.15) is 6.07 Å². The number of nitriles is 1. The summed E-state index contributed by atoms with van der Waals surface area (Å²) in [7, 11) is 1.63. The number of benzene rings is 2. The Bertz CT molecular complexity index is 844. The first-order valence-corrected chi connectivity index (χ1v) is 8.37. The van der Waals surface area contributed by atoms with E-state index in [0.717, 1.165) is 0 Å². The molecule has 8 heteroatoms. The van der Waals surface area contributed by atoms with Gasteiger partial charge in [0.25, 0.3) is 0 Å². The van der Waals surface area contributed by atoms with Crippen molar-refractivity contribution in [1.82, 2.24) is 4.90 Å². The second-order valence-corrected chi connectivity index (χ2v) is 6.34. The SMILES string of the molecule is CN(CC(=O)Nc1ccccc1C#N)CC(=O)Nc1c(Cl)cccc1Cl. The summed E-state index contributed by atoms with van der Waals surface area (Å²) >= 11 is 12.0. The van der Waals surface area contributed by atoms with E-state index < -0.39 is 0 Å². The predicted octanol–water partition coefficient (Wildman–Crippen LogP) is 3.37. The number of anilines is 2. The van der Waals surface area contributed by atoms with Crippen LogP contribution in [0.25, 0.3) is 0 Å². The Morgan fingerprint density at radius 1 is 1.00 bits per heavy atom. The molecule has 26 heavy (non-hydrogen) atoms. The van der Waals surface area contributed by atoms with E-state index in [2.05, 4.69) is 10.6 Å². The first kappa shape index (κ1) is 19.7. The summed E-state index contributed by atoms with van der Waals surface area (Å²) in [6, 6.07) is 13.6. The molecule has 0 aromatic heterocycles. The smallest absolute Gasteiger partial charge is 0.238 e. The number of nitrogens with one attached hydrogen (secondary N) is 2. The van der Waals surface area contributed by atoms with Crippen molar-refractivity contribution in [1.29, 1.82) is 5.26 Å². The Labute approximate surface area is 161 Å². The molecule has 2 aromatic rings. The molecule has 0 unspecified atom stereocenters. The third-order valence-corrected chi connectivity index (χ3v) is 4.01. The molecular formula is C18H16Cl2N4O2. The quantitative estimate of drug-likeness (QED) is 0.791. The lowest BCUT2D eigenvalue weighted by atomic mass is 10.2. The summed E-state index contributed by atoms with van der Waals surface area (Å²) in [6.07, 6.45) is 0. The maximum atomic E-state index is 12.1. The summed E-state index contributed by atoms with van der Waals surface area (Å²) in [5, 5.41) is 15.0. The monoisotopic (exact) mass is 390 g/mol. The second-order valence-electron chi connectivity index (χ2n) is 5.52. The average Bonchev–Trinajstić information content (AvgIpc) is 2.58. The van der Waals surface area contributed by atoms with Gasteiger partial charge in [-0.25, -0.2) is 0 Å². The lowest BCUT2D eigenvalue weighted by Gasteiger charge is -2.17. The number of para-hydroxylation sites is 2. The molecule has 0 saturated carbocycles. The van der Waals surface area contributed by atoms with E-state index in [-0.39, 0.29) is 24.9 Å². The molecule has 2 amide bonds. The zero-order valence-corrected chi connectivity index (χ0v) is 15.4. The van der Waals surface area contributed by atoms with Crippen LogP contribution in [-0.2, 0) is 9.59 Å². The maximum Gasteiger partial charge on any atom is 0.238 e. The van der Waals surface area contributed by atoms with Crippen molar-refractivity contribution in [2.24, 2.45) is 0 Å². The Morgan fingerprint density at radius 3 is 2.19 bits per heavy atom. The van der Waals surface area contributed by atoms with Gasteiger partial charge in [-0.15, -0.1) is 0 Å². The zero-order valence-electron chi connectivity index (χ0n) is 13.9.